The van der Waals surface area contributed by atoms with Crippen LogP contribution in [-0.4, -0.2) is 36.0 Å². The number of thiazole rings is 1. The van der Waals surface area contributed by atoms with Crippen LogP contribution in [0.25, 0.3) is 10.6 Å². The molecule has 142 valence electrons. The van der Waals surface area contributed by atoms with Crippen molar-refractivity contribution in [3.05, 3.63) is 53.1 Å². The van der Waals surface area contributed by atoms with Crippen molar-refractivity contribution in [3.63, 3.8) is 0 Å². The van der Waals surface area contributed by atoms with Crippen molar-refractivity contribution < 1.29 is 19.1 Å². The van der Waals surface area contributed by atoms with E-state index in [0.717, 1.165) is 12.0 Å². The number of esters is 1. The van der Waals surface area contributed by atoms with Crippen LogP contribution in [0.1, 0.15) is 27.9 Å². The number of nitrogens with zero attached hydrogens (tertiary/aromatic N) is 1. The van der Waals surface area contributed by atoms with Gasteiger partial charge in [-0.2, -0.15) is 0 Å². The first kappa shape index (κ1) is 20.3. The van der Waals surface area contributed by atoms with Gasteiger partial charge < -0.3 is 10.1 Å². The number of aromatic nitrogens is 1. The lowest BCUT2D eigenvalue weighted by molar-refractivity contribution is -0.123. The fraction of sp³-hybridized carbons (Fsp3) is 0.263. The molecule has 0 unspecified atom stereocenters. The van der Waals surface area contributed by atoms with Crippen LogP contribution in [0.2, 0.25) is 0 Å². The maximum absolute atomic E-state index is 12.2. The number of carbonyl (C=O) groups excluding carboxylic acids is 3. The summed E-state index contributed by atoms with van der Waals surface area (Å²) in [6, 6.07) is 7.28. The minimum absolute atomic E-state index is 0.223. The van der Waals surface area contributed by atoms with Crippen LogP contribution in [0, 0.1) is 6.92 Å². The highest BCUT2D eigenvalue weighted by molar-refractivity contribution is 7.17. The molecule has 0 saturated carbocycles. The molecule has 0 aliphatic heterocycles. The van der Waals surface area contributed by atoms with Crippen molar-refractivity contribution in [2.24, 2.45) is 0 Å². The van der Waals surface area contributed by atoms with Crippen LogP contribution in [0.3, 0.4) is 0 Å². The van der Waals surface area contributed by atoms with E-state index in [-0.39, 0.29) is 6.54 Å². The van der Waals surface area contributed by atoms with Gasteiger partial charge in [0.1, 0.15) is 9.88 Å². The monoisotopic (exact) mass is 387 g/mol. The van der Waals surface area contributed by atoms with E-state index >= 15 is 0 Å². The number of ether oxygens (including phenoxy) is 1. The second kappa shape index (κ2) is 9.63. The van der Waals surface area contributed by atoms with Crippen LogP contribution < -0.4 is 10.6 Å². The molecule has 1 aromatic heterocycles. The van der Waals surface area contributed by atoms with E-state index in [0.29, 0.717) is 15.6 Å². The molecule has 2 aromatic rings. The zero-order chi connectivity index (χ0) is 19.8. The van der Waals surface area contributed by atoms with Crippen LogP contribution in [0.4, 0.5) is 4.79 Å². The minimum Gasteiger partial charge on any atom is -0.451 e. The SMILES string of the molecule is C=CCNC(=O)NC(=O)COC(=O)c1sc(-c2ccc(CC)cc2)nc1C. The van der Waals surface area contributed by atoms with E-state index in [1.165, 1.54) is 23.0 Å². The lowest BCUT2D eigenvalue weighted by Crippen LogP contribution is -2.41. The number of hydrogen-bond acceptors (Lipinski definition) is 6. The molecule has 7 nitrogen and oxygen atoms in total. The van der Waals surface area contributed by atoms with Gasteiger partial charge in [0, 0.05) is 12.1 Å². The molecule has 0 atom stereocenters. The Morgan fingerprint density at radius 2 is 1.96 bits per heavy atom. The van der Waals surface area contributed by atoms with Gasteiger partial charge in [0.2, 0.25) is 0 Å². The molecule has 0 saturated heterocycles. The molecule has 0 radical (unpaired) electrons. The van der Waals surface area contributed by atoms with Crippen LogP contribution in [-0.2, 0) is 16.0 Å². The van der Waals surface area contributed by atoms with Gasteiger partial charge in [-0.25, -0.2) is 14.6 Å². The lowest BCUT2D eigenvalue weighted by atomic mass is 10.1. The van der Waals surface area contributed by atoms with Crippen molar-refractivity contribution in [1.82, 2.24) is 15.6 Å². The molecule has 8 heteroatoms. The summed E-state index contributed by atoms with van der Waals surface area (Å²) in [5.74, 6) is -1.37. The van der Waals surface area contributed by atoms with Gasteiger partial charge in [-0.3, -0.25) is 10.1 Å². The Balaban J connectivity index is 1.96. The van der Waals surface area contributed by atoms with Gasteiger partial charge in [-0.15, -0.1) is 17.9 Å². The highest BCUT2D eigenvalue weighted by Crippen LogP contribution is 2.28. The first-order valence-corrected chi connectivity index (χ1v) is 9.18. The van der Waals surface area contributed by atoms with Crippen molar-refractivity contribution in [3.8, 4) is 10.6 Å². The third-order valence-corrected chi connectivity index (χ3v) is 4.77. The molecule has 3 amide bonds. The summed E-state index contributed by atoms with van der Waals surface area (Å²) in [4.78, 5) is 39.9. The molecule has 27 heavy (non-hydrogen) atoms. The Labute approximate surface area is 161 Å². The van der Waals surface area contributed by atoms with E-state index < -0.39 is 24.5 Å². The summed E-state index contributed by atoms with van der Waals surface area (Å²) in [5.41, 5.74) is 2.66. The van der Waals surface area contributed by atoms with E-state index in [2.05, 4.69) is 29.1 Å². The first-order chi connectivity index (χ1) is 12.9. The van der Waals surface area contributed by atoms with Crippen molar-refractivity contribution in [1.29, 1.82) is 0 Å². The number of aryl methyl sites for hydroxylation is 2. The third kappa shape index (κ3) is 5.75. The fourth-order valence-electron chi connectivity index (χ4n) is 2.16. The highest BCUT2D eigenvalue weighted by atomic mass is 32.1. The number of hydrogen-bond donors (Lipinski definition) is 2. The normalized spacial score (nSPS) is 10.1. The van der Waals surface area contributed by atoms with Gasteiger partial charge in [0.05, 0.1) is 5.69 Å². The van der Waals surface area contributed by atoms with E-state index in [9.17, 15) is 14.4 Å². The van der Waals surface area contributed by atoms with Crippen molar-refractivity contribution >= 4 is 29.2 Å². The molecular weight excluding hydrogens is 366 g/mol. The summed E-state index contributed by atoms with van der Waals surface area (Å²) in [7, 11) is 0. The molecule has 0 bridgehead atoms. The molecule has 1 heterocycles. The van der Waals surface area contributed by atoms with E-state index in [4.69, 9.17) is 4.74 Å². The standard InChI is InChI=1S/C19H21N3O4S/c1-4-10-20-19(25)22-15(23)11-26-18(24)16-12(3)21-17(27-16)14-8-6-13(5-2)7-9-14/h4,6-9H,1,5,10-11H2,2-3H3,(H2,20,22,23,25). The maximum atomic E-state index is 12.2. The minimum atomic E-state index is -0.720. The number of carbonyl (C=O) groups is 3. The Morgan fingerprint density at radius 3 is 2.59 bits per heavy atom. The number of urea groups is 1. The predicted molar refractivity (Wildman–Crippen MR) is 104 cm³/mol. The smallest absolute Gasteiger partial charge is 0.350 e. The Kier molecular flexibility index (Phi) is 7.25. The maximum Gasteiger partial charge on any atom is 0.350 e. The van der Waals surface area contributed by atoms with Crippen molar-refractivity contribution in [2.45, 2.75) is 20.3 Å². The Hall–Kier alpha value is -3.00. The molecule has 0 aliphatic rings. The predicted octanol–water partition coefficient (Wildman–Crippen LogP) is 2.85. The second-order valence-electron chi connectivity index (χ2n) is 5.61. The van der Waals surface area contributed by atoms with E-state index in [1.54, 1.807) is 6.92 Å². The van der Waals surface area contributed by atoms with Gasteiger partial charge >= 0.3 is 12.0 Å². The summed E-state index contributed by atoms with van der Waals surface area (Å²) in [6.45, 7) is 6.90. The number of nitrogens with one attached hydrogen (secondary N) is 2. The van der Waals surface area contributed by atoms with Crippen molar-refractivity contribution in [2.75, 3.05) is 13.2 Å². The Bertz CT molecular complexity index is 843. The number of benzene rings is 1. The summed E-state index contributed by atoms with van der Waals surface area (Å²) in [6.07, 6.45) is 2.42. The molecule has 0 spiro atoms. The number of amides is 3. The van der Waals surface area contributed by atoms with Crippen LogP contribution >= 0.6 is 11.3 Å². The zero-order valence-corrected chi connectivity index (χ0v) is 16.0. The molecule has 0 aliphatic carbocycles. The summed E-state index contributed by atoms with van der Waals surface area (Å²) < 4.78 is 4.98. The largest absolute Gasteiger partial charge is 0.451 e. The summed E-state index contributed by atoms with van der Waals surface area (Å²) in [5, 5.41) is 5.14. The van der Waals surface area contributed by atoms with Gasteiger partial charge in [0.15, 0.2) is 6.61 Å². The molecule has 0 fully saturated rings. The molecule has 1 aromatic carbocycles. The zero-order valence-electron chi connectivity index (χ0n) is 15.2. The lowest BCUT2D eigenvalue weighted by Gasteiger charge is -2.05. The van der Waals surface area contributed by atoms with Crippen LogP contribution in [0.5, 0.6) is 0 Å². The van der Waals surface area contributed by atoms with Gasteiger partial charge in [-0.05, 0) is 18.9 Å². The number of rotatable bonds is 7. The highest BCUT2D eigenvalue weighted by Gasteiger charge is 2.19. The molecule has 2 N–H and O–H groups in total. The third-order valence-electron chi connectivity index (χ3n) is 3.59. The summed E-state index contributed by atoms with van der Waals surface area (Å²) >= 11 is 1.20. The first-order valence-electron chi connectivity index (χ1n) is 8.37. The second-order valence-corrected chi connectivity index (χ2v) is 6.61. The molecule has 2 rings (SSSR count). The van der Waals surface area contributed by atoms with Gasteiger partial charge in [0.25, 0.3) is 5.91 Å². The van der Waals surface area contributed by atoms with E-state index in [1.807, 2.05) is 24.3 Å². The number of imide groups is 1. The topological polar surface area (TPSA) is 97.4 Å². The Morgan fingerprint density at radius 1 is 1.26 bits per heavy atom. The average molecular weight is 387 g/mol. The quantitative estimate of drug-likeness (QED) is 0.562. The fourth-order valence-corrected chi connectivity index (χ4v) is 3.13. The van der Waals surface area contributed by atoms with Gasteiger partial charge in [-0.1, -0.05) is 37.3 Å². The average Bonchev–Trinajstić information content (AvgIpc) is 3.06. The molecular formula is C19H21N3O4S. The van der Waals surface area contributed by atoms with Crippen LogP contribution in [0.15, 0.2) is 36.9 Å².